The molecule has 6 heteroatoms. The van der Waals surface area contributed by atoms with E-state index in [-0.39, 0.29) is 24.3 Å². The number of aryl methyl sites for hydroxylation is 3. The number of benzene rings is 2. The van der Waals surface area contributed by atoms with Gasteiger partial charge in [-0.05, 0) is 57.9 Å². The fraction of sp³-hybridized carbons (Fsp3) is 0.296. The molecule has 0 spiro atoms. The molecule has 0 radical (unpaired) electrons. The Labute approximate surface area is 194 Å². The number of pyridine rings is 1. The third-order valence-electron chi connectivity index (χ3n) is 5.19. The third-order valence-corrected chi connectivity index (χ3v) is 5.19. The predicted octanol–water partition coefficient (Wildman–Crippen LogP) is 5.61. The number of aromatic nitrogens is 1. The maximum atomic E-state index is 12.8. The van der Waals surface area contributed by atoms with Crippen molar-refractivity contribution < 1.29 is 23.8 Å². The number of rotatable bonds is 8. The van der Waals surface area contributed by atoms with Crippen molar-refractivity contribution in [3.05, 3.63) is 82.2 Å². The highest BCUT2D eigenvalue weighted by atomic mass is 16.5. The van der Waals surface area contributed by atoms with E-state index >= 15 is 0 Å². The smallest absolute Gasteiger partial charge is 0.340 e. The molecule has 172 valence electrons. The monoisotopic (exact) mass is 447 g/mol. The molecule has 0 amide bonds. The summed E-state index contributed by atoms with van der Waals surface area (Å²) in [6.07, 6.45) is 0. The van der Waals surface area contributed by atoms with Gasteiger partial charge in [-0.1, -0.05) is 42.0 Å². The van der Waals surface area contributed by atoms with Crippen LogP contribution in [0.25, 0.3) is 11.1 Å². The van der Waals surface area contributed by atoms with Gasteiger partial charge in [0.2, 0.25) is 0 Å². The van der Waals surface area contributed by atoms with Crippen molar-refractivity contribution in [1.82, 2.24) is 4.98 Å². The molecule has 6 nitrogen and oxygen atoms in total. The quantitative estimate of drug-likeness (QED) is 0.418. The zero-order chi connectivity index (χ0) is 24.0. The van der Waals surface area contributed by atoms with Gasteiger partial charge in [-0.3, -0.25) is 4.98 Å². The Hall–Kier alpha value is -3.67. The van der Waals surface area contributed by atoms with Crippen LogP contribution in [0.2, 0.25) is 0 Å². The highest BCUT2D eigenvalue weighted by molar-refractivity contribution is 6.07. The molecule has 0 N–H and O–H groups in total. The van der Waals surface area contributed by atoms with Gasteiger partial charge in [-0.25, -0.2) is 9.59 Å². The first-order valence-electron chi connectivity index (χ1n) is 11.0. The lowest BCUT2D eigenvalue weighted by Crippen LogP contribution is -2.17. The Morgan fingerprint density at radius 1 is 0.758 bits per heavy atom. The molecule has 33 heavy (non-hydrogen) atoms. The molecule has 0 bridgehead atoms. The lowest BCUT2D eigenvalue weighted by molar-refractivity contribution is 0.0525. The molecule has 3 rings (SSSR count). The minimum atomic E-state index is -0.525. The zero-order valence-electron chi connectivity index (χ0n) is 19.7. The summed E-state index contributed by atoms with van der Waals surface area (Å²) >= 11 is 0. The lowest BCUT2D eigenvalue weighted by Gasteiger charge is -2.18. The van der Waals surface area contributed by atoms with Gasteiger partial charge in [0.25, 0.3) is 0 Å². The molecule has 0 unspecified atom stereocenters. The number of carbonyl (C=O) groups is 2. The molecular formula is C27H29NO5. The highest BCUT2D eigenvalue weighted by Gasteiger charge is 2.27. The second-order valence-corrected chi connectivity index (χ2v) is 7.65. The van der Waals surface area contributed by atoms with Crippen LogP contribution in [0.3, 0.4) is 0 Å². The number of carbonyl (C=O) groups excluding carboxylic acids is 2. The van der Waals surface area contributed by atoms with Crippen molar-refractivity contribution in [2.75, 3.05) is 13.2 Å². The minimum Gasteiger partial charge on any atom is -0.489 e. The number of nitrogens with zero attached hydrogens (tertiary/aromatic N) is 1. The molecule has 0 aliphatic carbocycles. The standard InChI is InChI=1S/C27H29NO5/c1-6-31-26(29)23-18(4)28-19(5)24(27(30)32-7-2)25(23)21-12-14-22(15-13-21)33-16-20-10-8-17(3)9-11-20/h8-15H,6-7,16H2,1-5H3. The van der Waals surface area contributed by atoms with Gasteiger partial charge in [-0.15, -0.1) is 0 Å². The molecule has 2 aromatic carbocycles. The minimum absolute atomic E-state index is 0.214. The van der Waals surface area contributed by atoms with Crippen LogP contribution in [0.1, 0.15) is 57.1 Å². The average Bonchev–Trinajstić information content (AvgIpc) is 2.79. The second-order valence-electron chi connectivity index (χ2n) is 7.65. The number of hydrogen-bond donors (Lipinski definition) is 0. The van der Waals surface area contributed by atoms with Gasteiger partial charge in [-0.2, -0.15) is 0 Å². The molecule has 0 aliphatic rings. The van der Waals surface area contributed by atoms with Gasteiger partial charge < -0.3 is 14.2 Å². The third kappa shape index (κ3) is 5.58. The summed E-state index contributed by atoms with van der Waals surface area (Å²) in [4.78, 5) is 30.1. The van der Waals surface area contributed by atoms with E-state index in [1.807, 2.05) is 55.5 Å². The van der Waals surface area contributed by atoms with E-state index in [0.29, 0.717) is 34.9 Å². The summed E-state index contributed by atoms with van der Waals surface area (Å²) in [7, 11) is 0. The Balaban J connectivity index is 2.01. The number of esters is 2. The van der Waals surface area contributed by atoms with E-state index in [0.717, 1.165) is 5.56 Å². The largest absolute Gasteiger partial charge is 0.489 e. The summed E-state index contributed by atoms with van der Waals surface area (Å²) in [5.41, 5.74) is 4.92. The van der Waals surface area contributed by atoms with Crippen LogP contribution in [0, 0.1) is 20.8 Å². The van der Waals surface area contributed by atoms with Gasteiger partial charge >= 0.3 is 11.9 Å². The van der Waals surface area contributed by atoms with Crippen molar-refractivity contribution in [2.45, 2.75) is 41.2 Å². The molecule has 0 aliphatic heterocycles. The van der Waals surface area contributed by atoms with Crippen LogP contribution in [0.5, 0.6) is 5.75 Å². The van der Waals surface area contributed by atoms with Gasteiger partial charge in [0.15, 0.2) is 0 Å². The Kier molecular flexibility index (Phi) is 7.83. The Morgan fingerprint density at radius 3 is 1.76 bits per heavy atom. The lowest BCUT2D eigenvalue weighted by atomic mass is 9.92. The average molecular weight is 448 g/mol. The van der Waals surface area contributed by atoms with Crippen LogP contribution in [-0.2, 0) is 16.1 Å². The normalized spacial score (nSPS) is 10.6. The van der Waals surface area contributed by atoms with Crippen LogP contribution in [0.15, 0.2) is 48.5 Å². The Morgan fingerprint density at radius 2 is 1.27 bits per heavy atom. The van der Waals surface area contributed by atoms with Crippen molar-refractivity contribution in [3.8, 4) is 16.9 Å². The van der Waals surface area contributed by atoms with Crippen LogP contribution in [-0.4, -0.2) is 30.1 Å². The molecule has 3 aromatic rings. The van der Waals surface area contributed by atoms with E-state index < -0.39 is 11.9 Å². The second kappa shape index (κ2) is 10.8. The van der Waals surface area contributed by atoms with Crippen molar-refractivity contribution in [2.24, 2.45) is 0 Å². The molecule has 1 heterocycles. The summed E-state index contributed by atoms with van der Waals surface area (Å²) < 4.78 is 16.4. The summed E-state index contributed by atoms with van der Waals surface area (Å²) in [5, 5.41) is 0. The van der Waals surface area contributed by atoms with Gasteiger partial charge in [0.1, 0.15) is 12.4 Å². The maximum Gasteiger partial charge on any atom is 0.340 e. The summed E-state index contributed by atoms with van der Waals surface area (Å²) in [5.74, 6) is -0.373. The molecule has 1 aromatic heterocycles. The Bertz CT molecular complexity index is 1090. The first-order valence-corrected chi connectivity index (χ1v) is 11.0. The summed E-state index contributed by atoms with van der Waals surface area (Å²) in [6.45, 7) is 9.85. The van der Waals surface area contributed by atoms with Gasteiger partial charge in [0, 0.05) is 5.56 Å². The molecular weight excluding hydrogens is 418 g/mol. The summed E-state index contributed by atoms with van der Waals surface area (Å²) in [6, 6.07) is 15.4. The molecule has 0 saturated carbocycles. The van der Waals surface area contributed by atoms with Crippen LogP contribution < -0.4 is 4.74 Å². The first kappa shape index (κ1) is 24.0. The predicted molar refractivity (Wildman–Crippen MR) is 127 cm³/mol. The van der Waals surface area contributed by atoms with Crippen molar-refractivity contribution in [1.29, 1.82) is 0 Å². The fourth-order valence-electron chi connectivity index (χ4n) is 3.61. The SMILES string of the molecule is CCOC(=O)c1c(C)nc(C)c(C(=O)OCC)c1-c1ccc(OCc2ccc(C)cc2)cc1. The van der Waals surface area contributed by atoms with Crippen molar-refractivity contribution >= 4 is 11.9 Å². The van der Waals surface area contributed by atoms with E-state index in [4.69, 9.17) is 14.2 Å². The van der Waals surface area contributed by atoms with E-state index in [1.54, 1.807) is 27.7 Å². The molecule has 0 saturated heterocycles. The van der Waals surface area contributed by atoms with Gasteiger partial charge in [0.05, 0.1) is 35.7 Å². The molecule has 0 atom stereocenters. The highest BCUT2D eigenvalue weighted by Crippen LogP contribution is 2.33. The van der Waals surface area contributed by atoms with Crippen molar-refractivity contribution in [3.63, 3.8) is 0 Å². The van der Waals surface area contributed by atoms with E-state index in [2.05, 4.69) is 4.98 Å². The number of ether oxygens (including phenoxy) is 3. The van der Waals surface area contributed by atoms with E-state index in [1.165, 1.54) is 5.56 Å². The molecule has 0 fully saturated rings. The fourth-order valence-corrected chi connectivity index (χ4v) is 3.61. The maximum absolute atomic E-state index is 12.8. The van der Waals surface area contributed by atoms with Crippen LogP contribution in [0.4, 0.5) is 0 Å². The number of hydrogen-bond acceptors (Lipinski definition) is 6. The topological polar surface area (TPSA) is 74.7 Å². The van der Waals surface area contributed by atoms with E-state index in [9.17, 15) is 9.59 Å². The first-order chi connectivity index (χ1) is 15.8. The zero-order valence-corrected chi connectivity index (χ0v) is 19.7. The van der Waals surface area contributed by atoms with Crippen LogP contribution >= 0.6 is 0 Å².